The fourth-order valence-corrected chi connectivity index (χ4v) is 3.15. The van der Waals surface area contributed by atoms with Crippen LogP contribution in [0.3, 0.4) is 0 Å². The SMILES string of the molecule is O=C(/C=C/c1ccc(F)cc1)N1CCCN(C(=O)Nc2cccc(Cl)c2)CC1. The van der Waals surface area contributed by atoms with E-state index >= 15 is 0 Å². The number of nitrogens with zero attached hydrogens (tertiary/aromatic N) is 2. The minimum absolute atomic E-state index is 0.124. The van der Waals surface area contributed by atoms with Gasteiger partial charge in [0.1, 0.15) is 5.82 Å². The van der Waals surface area contributed by atoms with Crippen molar-refractivity contribution in [2.24, 2.45) is 0 Å². The van der Waals surface area contributed by atoms with E-state index in [9.17, 15) is 14.0 Å². The molecule has 1 heterocycles. The van der Waals surface area contributed by atoms with E-state index in [1.807, 2.05) is 0 Å². The molecule has 3 amide bonds. The monoisotopic (exact) mass is 401 g/mol. The molecule has 1 aliphatic rings. The molecule has 0 saturated carbocycles. The molecule has 0 unspecified atom stereocenters. The van der Waals surface area contributed by atoms with Crippen molar-refractivity contribution in [2.45, 2.75) is 6.42 Å². The predicted octanol–water partition coefficient (Wildman–Crippen LogP) is 4.26. The van der Waals surface area contributed by atoms with Gasteiger partial charge in [0, 0.05) is 43.0 Å². The maximum absolute atomic E-state index is 12.9. The van der Waals surface area contributed by atoms with Crippen molar-refractivity contribution < 1.29 is 14.0 Å². The van der Waals surface area contributed by atoms with Crippen LogP contribution in [-0.4, -0.2) is 47.9 Å². The molecule has 1 saturated heterocycles. The topological polar surface area (TPSA) is 52.7 Å². The van der Waals surface area contributed by atoms with E-state index < -0.39 is 0 Å². The number of anilines is 1. The number of benzene rings is 2. The van der Waals surface area contributed by atoms with E-state index in [4.69, 9.17) is 11.6 Å². The number of hydrogen-bond donors (Lipinski definition) is 1. The van der Waals surface area contributed by atoms with Crippen LogP contribution in [0.4, 0.5) is 14.9 Å². The molecule has 1 aliphatic heterocycles. The number of carbonyl (C=O) groups is 2. The molecule has 3 rings (SSSR count). The Bertz CT molecular complexity index is 870. The van der Waals surface area contributed by atoms with Gasteiger partial charge in [-0.05, 0) is 48.4 Å². The second kappa shape index (κ2) is 9.37. The standard InChI is InChI=1S/C21H21ClFN3O2/c22-17-3-1-4-19(15-17)24-21(28)26-12-2-11-25(13-14-26)20(27)10-7-16-5-8-18(23)9-6-16/h1,3-10,15H,2,11-14H2,(H,24,28)/b10-7+. The Kier molecular flexibility index (Phi) is 6.66. The molecule has 0 atom stereocenters. The fourth-order valence-electron chi connectivity index (χ4n) is 2.96. The van der Waals surface area contributed by atoms with Gasteiger partial charge in [-0.15, -0.1) is 0 Å². The Labute approximate surface area is 168 Å². The number of amides is 3. The first-order chi connectivity index (χ1) is 13.5. The summed E-state index contributed by atoms with van der Waals surface area (Å²) in [5, 5.41) is 3.38. The number of nitrogens with one attached hydrogen (secondary N) is 1. The Morgan fingerprint density at radius 1 is 1.00 bits per heavy atom. The Hall–Kier alpha value is -2.86. The molecule has 0 radical (unpaired) electrons. The van der Waals surface area contributed by atoms with Gasteiger partial charge in [0.05, 0.1) is 0 Å². The zero-order chi connectivity index (χ0) is 19.9. The lowest BCUT2D eigenvalue weighted by Crippen LogP contribution is -2.39. The van der Waals surface area contributed by atoms with Gasteiger partial charge in [-0.1, -0.05) is 29.8 Å². The van der Waals surface area contributed by atoms with Crippen molar-refractivity contribution in [2.75, 3.05) is 31.5 Å². The van der Waals surface area contributed by atoms with E-state index in [1.54, 1.807) is 52.3 Å². The third kappa shape index (κ3) is 5.57. The van der Waals surface area contributed by atoms with E-state index in [2.05, 4.69) is 5.32 Å². The molecule has 146 valence electrons. The van der Waals surface area contributed by atoms with Crippen molar-refractivity contribution in [1.82, 2.24) is 9.80 Å². The molecule has 7 heteroatoms. The lowest BCUT2D eigenvalue weighted by Gasteiger charge is -2.22. The van der Waals surface area contributed by atoms with Gasteiger partial charge in [-0.25, -0.2) is 9.18 Å². The summed E-state index contributed by atoms with van der Waals surface area (Å²) in [7, 11) is 0. The van der Waals surface area contributed by atoms with Crippen molar-refractivity contribution in [3.63, 3.8) is 0 Å². The van der Waals surface area contributed by atoms with Crippen LogP contribution in [0.2, 0.25) is 5.02 Å². The molecular weight excluding hydrogens is 381 g/mol. The number of urea groups is 1. The first kappa shape index (κ1) is 19.9. The van der Waals surface area contributed by atoms with Gasteiger partial charge < -0.3 is 15.1 Å². The molecular formula is C21H21ClFN3O2. The maximum Gasteiger partial charge on any atom is 0.321 e. The van der Waals surface area contributed by atoms with Crippen LogP contribution in [0.25, 0.3) is 6.08 Å². The van der Waals surface area contributed by atoms with Crippen LogP contribution in [-0.2, 0) is 4.79 Å². The molecule has 28 heavy (non-hydrogen) atoms. The summed E-state index contributed by atoms with van der Waals surface area (Å²) >= 11 is 5.94. The van der Waals surface area contributed by atoms with Crippen LogP contribution in [0.15, 0.2) is 54.6 Å². The normalized spacial score (nSPS) is 14.8. The highest BCUT2D eigenvalue weighted by atomic mass is 35.5. The highest BCUT2D eigenvalue weighted by molar-refractivity contribution is 6.30. The summed E-state index contributed by atoms with van der Waals surface area (Å²) in [5.41, 5.74) is 1.39. The average molecular weight is 402 g/mol. The molecule has 5 nitrogen and oxygen atoms in total. The molecule has 0 aromatic heterocycles. The number of hydrogen-bond acceptors (Lipinski definition) is 2. The van der Waals surface area contributed by atoms with Crippen LogP contribution in [0.1, 0.15) is 12.0 Å². The van der Waals surface area contributed by atoms with E-state index in [0.717, 1.165) is 5.56 Å². The highest BCUT2D eigenvalue weighted by Crippen LogP contribution is 2.16. The van der Waals surface area contributed by atoms with Crippen molar-refractivity contribution in [3.8, 4) is 0 Å². The first-order valence-electron chi connectivity index (χ1n) is 9.05. The number of rotatable bonds is 3. The summed E-state index contributed by atoms with van der Waals surface area (Å²) < 4.78 is 12.9. The summed E-state index contributed by atoms with van der Waals surface area (Å²) in [6, 6.07) is 12.7. The quantitative estimate of drug-likeness (QED) is 0.781. The van der Waals surface area contributed by atoms with Gasteiger partial charge in [0.2, 0.25) is 5.91 Å². The number of halogens is 2. The van der Waals surface area contributed by atoms with E-state index in [1.165, 1.54) is 18.2 Å². The number of carbonyl (C=O) groups excluding carboxylic acids is 2. The molecule has 2 aromatic carbocycles. The van der Waals surface area contributed by atoms with Gasteiger partial charge >= 0.3 is 6.03 Å². The third-order valence-electron chi connectivity index (χ3n) is 4.46. The second-order valence-electron chi connectivity index (χ2n) is 6.49. The summed E-state index contributed by atoms with van der Waals surface area (Å²) in [4.78, 5) is 28.3. The van der Waals surface area contributed by atoms with Crippen LogP contribution < -0.4 is 5.32 Å². The minimum atomic E-state index is -0.313. The Morgan fingerprint density at radius 2 is 1.71 bits per heavy atom. The summed E-state index contributed by atoms with van der Waals surface area (Å²) in [5.74, 6) is -0.437. The predicted molar refractivity (Wildman–Crippen MR) is 109 cm³/mol. The van der Waals surface area contributed by atoms with Gasteiger partial charge in [0.15, 0.2) is 0 Å². The van der Waals surface area contributed by atoms with Gasteiger partial charge in [-0.2, -0.15) is 0 Å². The Balaban J connectivity index is 1.54. The molecule has 0 bridgehead atoms. The third-order valence-corrected chi connectivity index (χ3v) is 4.69. The van der Waals surface area contributed by atoms with E-state index in [0.29, 0.717) is 43.3 Å². The second-order valence-corrected chi connectivity index (χ2v) is 6.93. The van der Waals surface area contributed by atoms with Crippen LogP contribution in [0.5, 0.6) is 0 Å². The molecule has 1 N–H and O–H groups in total. The van der Waals surface area contributed by atoms with Crippen molar-refractivity contribution in [1.29, 1.82) is 0 Å². The Morgan fingerprint density at radius 3 is 2.46 bits per heavy atom. The maximum atomic E-state index is 12.9. The van der Waals surface area contributed by atoms with Crippen LogP contribution >= 0.6 is 11.6 Å². The van der Waals surface area contributed by atoms with Crippen LogP contribution in [0, 0.1) is 5.82 Å². The van der Waals surface area contributed by atoms with Crippen molar-refractivity contribution >= 4 is 35.3 Å². The smallest absolute Gasteiger partial charge is 0.321 e. The molecule has 2 aromatic rings. The minimum Gasteiger partial charge on any atom is -0.337 e. The van der Waals surface area contributed by atoms with E-state index in [-0.39, 0.29) is 17.8 Å². The molecule has 1 fully saturated rings. The zero-order valence-electron chi connectivity index (χ0n) is 15.3. The van der Waals surface area contributed by atoms with Gasteiger partial charge in [-0.3, -0.25) is 4.79 Å². The first-order valence-corrected chi connectivity index (χ1v) is 9.43. The van der Waals surface area contributed by atoms with Crippen molar-refractivity contribution in [3.05, 3.63) is 71.0 Å². The lowest BCUT2D eigenvalue weighted by atomic mass is 10.2. The van der Waals surface area contributed by atoms with Gasteiger partial charge in [0.25, 0.3) is 0 Å². The summed E-state index contributed by atoms with van der Waals surface area (Å²) in [6.45, 7) is 2.05. The fraction of sp³-hybridized carbons (Fsp3) is 0.238. The average Bonchev–Trinajstić information content (AvgIpc) is 2.94. The molecule has 0 spiro atoms. The molecule has 0 aliphatic carbocycles. The largest absolute Gasteiger partial charge is 0.337 e. The highest BCUT2D eigenvalue weighted by Gasteiger charge is 2.21. The lowest BCUT2D eigenvalue weighted by molar-refractivity contribution is -0.125. The summed E-state index contributed by atoms with van der Waals surface area (Å²) in [6.07, 6.45) is 3.84. The zero-order valence-corrected chi connectivity index (χ0v) is 16.0.